The van der Waals surface area contributed by atoms with Gasteiger partial charge in [-0.2, -0.15) is 0 Å². The van der Waals surface area contributed by atoms with Crippen molar-refractivity contribution in [1.29, 1.82) is 0 Å². The molecule has 0 saturated carbocycles. The van der Waals surface area contributed by atoms with Gasteiger partial charge in [-0.1, -0.05) is 17.7 Å². The Labute approximate surface area is 289 Å². The highest BCUT2D eigenvalue weighted by Gasteiger charge is 2.52. The molecule has 5 aromatic carbocycles. The van der Waals surface area contributed by atoms with Crippen molar-refractivity contribution in [3.8, 4) is 0 Å². The molecule has 54 heavy (non-hydrogen) atoms. The lowest BCUT2D eigenvalue weighted by atomic mass is 9.12. The van der Waals surface area contributed by atoms with Gasteiger partial charge in [-0.3, -0.25) is 0 Å². The van der Waals surface area contributed by atoms with Gasteiger partial charge in [0.05, 0.1) is 0 Å². The first kappa shape index (κ1) is 41.5. The number of aryl methyl sites for hydroxylation is 1. The number of hydrogen-bond acceptors (Lipinski definition) is 1. The second kappa shape index (κ2) is 14.9. The van der Waals surface area contributed by atoms with Crippen molar-refractivity contribution in [3.63, 3.8) is 0 Å². The van der Waals surface area contributed by atoms with Crippen molar-refractivity contribution in [3.05, 3.63) is 146 Å². The summed E-state index contributed by atoms with van der Waals surface area (Å²) in [6.07, 6.45) is -7.22. The van der Waals surface area contributed by atoms with Crippen LogP contribution in [0.3, 0.4) is 0 Å². The average molecular weight is 818 g/mol. The predicted octanol–water partition coefficient (Wildman–Crippen LogP) is 7.63. The topological polar surface area (TPSA) is 17.1 Å². The van der Waals surface area contributed by atoms with Crippen LogP contribution in [0.2, 0.25) is 0 Å². The van der Waals surface area contributed by atoms with Crippen molar-refractivity contribution in [2.24, 2.45) is 0 Å². The van der Waals surface area contributed by atoms with Crippen LogP contribution < -0.4 is 21.9 Å². The van der Waals surface area contributed by atoms with Gasteiger partial charge in [0.25, 0.3) is 4.90 Å². The molecule has 5 rings (SSSR count). The Kier molecular flexibility index (Phi) is 11.5. The van der Waals surface area contributed by atoms with Gasteiger partial charge >= 0.3 is 11.7 Å². The molecule has 1 nitrogen and oxygen atoms in total. The second-order valence-electron chi connectivity index (χ2n) is 10.7. The van der Waals surface area contributed by atoms with Gasteiger partial charge in [0.1, 0.15) is 52.7 Å². The van der Waals surface area contributed by atoms with E-state index in [2.05, 4.69) is 0 Å². The summed E-state index contributed by atoms with van der Waals surface area (Å²) in [5, 5.41) is 0. The zero-order chi connectivity index (χ0) is 41.0. The molecular weight excluding hydrogens is 811 g/mol. The molecule has 0 spiro atoms. The molecule has 23 heteroatoms. The quantitative estimate of drug-likeness (QED) is 0.0587. The molecule has 0 N–H and O–H groups in total. The molecule has 286 valence electrons. The second-order valence-corrected chi connectivity index (χ2v) is 11.3. The first-order valence-electron chi connectivity index (χ1n) is 13.6. The van der Waals surface area contributed by atoms with Crippen molar-refractivity contribution >= 4 is 39.7 Å². The number of rotatable bonds is 5. The van der Waals surface area contributed by atoms with E-state index in [0.717, 1.165) is 4.90 Å². The lowest BCUT2D eigenvalue weighted by Crippen LogP contribution is -2.81. The lowest BCUT2D eigenvalue weighted by molar-refractivity contribution is 0.378. The van der Waals surface area contributed by atoms with E-state index in [1.165, 1.54) is 5.56 Å². The third-order valence-electron chi connectivity index (χ3n) is 7.82. The maximum absolute atomic E-state index is 15.4. The van der Waals surface area contributed by atoms with Crippen molar-refractivity contribution in [2.45, 2.75) is 11.8 Å². The van der Waals surface area contributed by atoms with E-state index in [4.69, 9.17) is 0 Å². The van der Waals surface area contributed by atoms with Gasteiger partial charge in [-0.25, -0.2) is 87.8 Å². The standard InChI is InChI=1S/C24BF20.C7H7OS/c26-5-1(6(27)14(35)21(42)13(5)34)25(2-7(28)15(36)22(43)16(37)8(2)29,3-9(30)17(38)23(44)18(39)10(3)31)4-11(32)19(40)24(45)20(41)12(4)33;1-6-2-4-7(9-8)5-3-6/h;2-5H,1H3/q-1;+1. The minimum atomic E-state index is -7.22. The predicted molar refractivity (Wildman–Crippen MR) is 147 cm³/mol. The van der Waals surface area contributed by atoms with Crippen LogP contribution in [0.1, 0.15) is 5.56 Å². The van der Waals surface area contributed by atoms with Gasteiger partial charge < -0.3 is 0 Å². The summed E-state index contributed by atoms with van der Waals surface area (Å²) in [6, 6.07) is 7.51. The summed E-state index contributed by atoms with van der Waals surface area (Å²) < 4.78 is 304. The Morgan fingerprint density at radius 2 is 0.481 bits per heavy atom. The normalized spacial score (nSPS) is 11.5. The van der Waals surface area contributed by atoms with Crippen LogP contribution >= 0.6 is 0 Å². The van der Waals surface area contributed by atoms with Gasteiger partial charge in [0.2, 0.25) is 0 Å². The Hall–Kier alpha value is -5.22. The minimum Gasteiger partial charge on any atom is -0.207 e. The van der Waals surface area contributed by atoms with E-state index in [1.807, 2.05) is 31.2 Å². The highest BCUT2D eigenvalue weighted by atomic mass is 32.1. The van der Waals surface area contributed by atoms with E-state index in [1.54, 1.807) is 0 Å². The van der Waals surface area contributed by atoms with E-state index in [0.29, 0.717) is 11.7 Å². The molecule has 0 aliphatic rings. The van der Waals surface area contributed by atoms with E-state index in [-0.39, 0.29) is 0 Å². The smallest absolute Gasteiger partial charge is 0.207 e. The average Bonchev–Trinajstić information content (AvgIpc) is 3.15. The van der Waals surface area contributed by atoms with Crippen LogP contribution in [-0.2, 0) is 15.9 Å². The first-order valence-corrected chi connectivity index (χ1v) is 14.4. The van der Waals surface area contributed by atoms with E-state index < -0.39 is 144 Å². The minimum absolute atomic E-state index is 0.527. The SMILES string of the molecule is Cc1ccc([S+]=O)cc1.Fc1c(F)c(F)c([B-](c2c(F)c(F)c(F)c(F)c2F)(c2c(F)c(F)c(F)c(F)c2F)c2c(F)c(F)c(F)c(F)c2F)c(F)c1F. The molecule has 0 aliphatic heterocycles. The van der Waals surface area contributed by atoms with Gasteiger partial charge in [0.15, 0.2) is 69.8 Å². The zero-order valence-electron chi connectivity index (χ0n) is 25.3. The maximum atomic E-state index is 15.4. The van der Waals surface area contributed by atoms with Crippen LogP contribution in [-0.4, -0.2) is 6.15 Å². The highest BCUT2D eigenvalue weighted by Crippen LogP contribution is 2.30. The van der Waals surface area contributed by atoms with Crippen LogP contribution in [0.4, 0.5) is 87.8 Å². The molecule has 0 unspecified atom stereocenters. The molecule has 0 aromatic heterocycles. The van der Waals surface area contributed by atoms with Gasteiger partial charge in [0, 0.05) is 16.3 Å². The molecule has 0 radical (unpaired) electrons. The summed E-state index contributed by atoms with van der Waals surface area (Å²) in [6.45, 7) is 2.00. The molecule has 0 amide bonds. The monoisotopic (exact) mass is 818 g/mol. The molecule has 0 aliphatic carbocycles. The molecule has 0 heterocycles. The maximum Gasteiger partial charge on any atom is 0.505 e. The summed E-state index contributed by atoms with van der Waals surface area (Å²) in [7, 11) is 0. The Bertz CT molecular complexity index is 1980. The van der Waals surface area contributed by atoms with Crippen LogP contribution in [0.5, 0.6) is 0 Å². The summed E-state index contributed by atoms with van der Waals surface area (Å²) in [4.78, 5) is 0.778. The third-order valence-corrected chi connectivity index (χ3v) is 8.29. The Morgan fingerprint density at radius 1 is 0.315 bits per heavy atom. The lowest BCUT2D eigenvalue weighted by Gasteiger charge is -2.44. The zero-order valence-corrected chi connectivity index (χ0v) is 26.1. The first-order chi connectivity index (χ1) is 25.0. The highest BCUT2D eigenvalue weighted by molar-refractivity contribution is 7.65. The molecule has 0 fully saturated rings. The van der Waals surface area contributed by atoms with Crippen LogP contribution in [0, 0.1) is 123 Å². The largest absolute Gasteiger partial charge is 0.505 e. The number of hydrogen-bond donors (Lipinski definition) is 0. The molecule has 0 saturated heterocycles. The molecule has 5 aromatic rings. The Morgan fingerprint density at radius 3 is 0.648 bits per heavy atom. The van der Waals surface area contributed by atoms with E-state index >= 15 is 35.1 Å². The fourth-order valence-corrected chi connectivity index (χ4v) is 5.72. The fraction of sp³-hybridized carbons (Fsp3) is 0.0323. The summed E-state index contributed by atoms with van der Waals surface area (Å²) in [5.41, 5.74) is -13.1. The van der Waals surface area contributed by atoms with E-state index in [9.17, 15) is 56.9 Å². The van der Waals surface area contributed by atoms with Crippen molar-refractivity contribution in [1.82, 2.24) is 0 Å². The van der Waals surface area contributed by atoms with Gasteiger partial charge in [-0.05, 0) is 6.92 Å². The Balaban J connectivity index is 0.000000631. The van der Waals surface area contributed by atoms with Gasteiger partial charge in [-0.15, -0.1) is 21.9 Å². The van der Waals surface area contributed by atoms with Crippen LogP contribution in [0.25, 0.3) is 0 Å². The third kappa shape index (κ3) is 6.10. The van der Waals surface area contributed by atoms with Crippen molar-refractivity contribution in [2.75, 3.05) is 0 Å². The van der Waals surface area contributed by atoms with Crippen LogP contribution in [0.15, 0.2) is 29.2 Å². The number of benzene rings is 5. The number of halogens is 20. The summed E-state index contributed by atoms with van der Waals surface area (Å²) >= 11 is 0.527. The molecule has 0 bridgehead atoms. The molecular formula is C31H7BF20OS. The summed E-state index contributed by atoms with van der Waals surface area (Å²) in [5.74, 6) is -71.4. The van der Waals surface area contributed by atoms with Crippen molar-refractivity contribution < 1.29 is 92.0 Å². The fourth-order valence-electron chi connectivity index (χ4n) is 5.47. The molecule has 0 atom stereocenters.